The number of fused-ring (bicyclic) bond motifs is 1. The van der Waals surface area contributed by atoms with Gasteiger partial charge in [0.1, 0.15) is 17.3 Å². The molecule has 3 aromatic heterocycles. The molecule has 0 aliphatic carbocycles. The van der Waals surface area contributed by atoms with E-state index in [1.807, 2.05) is 74.8 Å². The van der Waals surface area contributed by atoms with Crippen molar-refractivity contribution in [1.29, 1.82) is 0 Å². The minimum absolute atomic E-state index is 0.420. The molecule has 0 aliphatic rings. The minimum atomic E-state index is -0.437. The van der Waals surface area contributed by atoms with Crippen LogP contribution in [0.25, 0.3) is 27.7 Å². The fourth-order valence-corrected chi connectivity index (χ4v) is 3.93. The predicted molar refractivity (Wildman–Crippen MR) is 130 cm³/mol. The van der Waals surface area contributed by atoms with E-state index < -0.39 is 6.03 Å². The maximum atomic E-state index is 13.0. The Balaban J connectivity index is 1.52. The molecule has 0 atom stereocenters. The number of urea groups is 1. The fourth-order valence-electron chi connectivity index (χ4n) is 3.72. The maximum absolute atomic E-state index is 13.0. The zero-order valence-electron chi connectivity index (χ0n) is 18.0. The molecule has 0 aliphatic heterocycles. The lowest BCUT2D eigenvalue weighted by atomic mass is 10.1. The molecular weight excluding hydrogens is 438 g/mol. The smallest absolute Gasteiger partial charge is 0.292 e. The summed E-state index contributed by atoms with van der Waals surface area (Å²) in [6, 6.07) is 16.7. The van der Waals surface area contributed by atoms with Gasteiger partial charge in [0, 0.05) is 41.3 Å². The summed E-state index contributed by atoms with van der Waals surface area (Å²) in [5.74, 6) is 0.972. The molecule has 0 spiro atoms. The Morgan fingerprint density at radius 2 is 1.70 bits per heavy atom. The van der Waals surface area contributed by atoms with Crippen LogP contribution in [0.4, 0.5) is 16.4 Å². The van der Waals surface area contributed by atoms with Gasteiger partial charge in [0.05, 0.1) is 16.9 Å². The third-order valence-corrected chi connectivity index (χ3v) is 5.61. The van der Waals surface area contributed by atoms with Gasteiger partial charge in [-0.05, 0) is 19.1 Å². The van der Waals surface area contributed by atoms with Gasteiger partial charge in [-0.3, -0.25) is 15.3 Å². The molecule has 164 valence electrons. The van der Waals surface area contributed by atoms with Gasteiger partial charge in [0.15, 0.2) is 0 Å². The van der Waals surface area contributed by atoms with Crippen LogP contribution in [0, 0.1) is 6.92 Å². The van der Waals surface area contributed by atoms with Crippen LogP contribution in [0.2, 0.25) is 5.02 Å². The van der Waals surface area contributed by atoms with E-state index in [4.69, 9.17) is 16.7 Å². The van der Waals surface area contributed by atoms with Crippen molar-refractivity contribution in [3.05, 3.63) is 83.8 Å². The van der Waals surface area contributed by atoms with Gasteiger partial charge < -0.3 is 0 Å². The molecule has 0 bridgehead atoms. The highest BCUT2D eigenvalue weighted by atomic mass is 35.5. The highest BCUT2D eigenvalue weighted by Crippen LogP contribution is 2.31. The molecule has 3 heterocycles. The summed E-state index contributed by atoms with van der Waals surface area (Å²) >= 11 is 6.26. The summed E-state index contributed by atoms with van der Waals surface area (Å²) < 4.78 is 3.43. The summed E-state index contributed by atoms with van der Waals surface area (Å²) in [6.45, 7) is 1.92. The van der Waals surface area contributed by atoms with E-state index in [-0.39, 0.29) is 0 Å². The lowest BCUT2D eigenvalue weighted by Gasteiger charge is -2.12. The average Bonchev–Trinajstić information content (AvgIpc) is 3.40. The predicted octanol–water partition coefficient (Wildman–Crippen LogP) is 5.43. The number of nitrogens with zero attached hydrogens (tertiary/aromatic N) is 5. The first-order valence-corrected chi connectivity index (χ1v) is 10.6. The number of para-hydroxylation sites is 1. The summed E-state index contributed by atoms with van der Waals surface area (Å²) in [7, 11) is 1.85. The van der Waals surface area contributed by atoms with Crippen LogP contribution >= 0.6 is 11.6 Å². The Kier molecular flexibility index (Phi) is 5.27. The number of nitrogens with one attached hydrogen (secondary N) is 2. The number of pyridine rings is 1. The number of anilines is 2. The Morgan fingerprint density at radius 3 is 2.42 bits per heavy atom. The van der Waals surface area contributed by atoms with Gasteiger partial charge in [-0.1, -0.05) is 54.1 Å². The second-order valence-corrected chi connectivity index (χ2v) is 7.96. The molecule has 5 aromatic rings. The van der Waals surface area contributed by atoms with E-state index in [2.05, 4.69) is 20.7 Å². The molecule has 33 heavy (non-hydrogen) atoms. The van der Waals surface area contributed by atoms with E-state index in [1.54, 1.807) is 15.6 Å². The van der Waals surface area contributed by atoms with Gasteiger partial charge in [-0.15, -0.1) is 0 Å². The van der Waals surface area contributed by atoms with E-state index >= 15 is 0 Å². The molecule has 2 N–H and O–H groups in total. The van der Waals surface area contributed by atoms with Crippen molar-refractivity contribution in [2.24, 2.45) is 7.05 Å². The molecule has 9 heteroatoms. The summed E-state index contributed by atoms with van der Waals surface area (Å²) in [5.41, 5.74) is 3.23. The first kappa shape index (κ1) is 20.7. The van der Waals surface area contributed by atoms with Crippen LogP contribution in [0.15, 0.2) is 73.2 Å². The van der Waals surface area contributed by atoms with Crippen LogP contribution in [0.3, 0.4) is 0 Å². The zero-order valence-corrected chi connectivity index (χ0v) is 18.7. The molecule has 2 aromatic carbocycles. The highest BCUT2D eigenvalue weighted by Gasteiger charge is 2.20. The van der Waals surface area contributed by atoms with Gasteiger partial charge >= 0.3 is 6.03 Å². The van der Waals surface area contributed by atoms with E-state index in [1.165, 1.54) is 6.20 Å². The number of benzene rings is 2. The van der Waals surface area contributed by atoms with Crippen molar-refractivity contribution < 1.29 is 4.79 Å². The quantitative estimate of drug-likeness (QED) is 0.376. The number of hydrogen-bond donors (Lipinski definition) is 2. The van der Waals surface area contributed by atoms with Crippen molar-refractivity contribution in [2.45, 2.75) is 6.92 Å². The van der Waals surface area contributed by atoms with Crippen LogP contribution in [0.1, 0.15) is 5.56 Å². The van der Waals surface area contributed by atoms with Crippen LogP contribution in [-0.4, -0.2) is 30.6 Å². The molecule has 0 unspecified atom stereocenters. The standard InChI is InChI=1S/C24H20ClN7O/c1-15-21(16-12-27-31(2)14-16)30-32(17-8-4-3-5-9-17)23(15)29-24(33)28-22-19-11-7-6-10-18(19)20(25)13-26-22/h3-14H,1-2H3,(H2,26,28,29,33). The lowest BCUT2D eigenvalue weighted by Crippen LogP contribution is -2.22. The van der Waals surface area contributed by atoms with Crippen LogP contribution in [-0.2, 0) is 7.05 Å². The van der Waals surface area contributed by atoms with Crippen molar-refractivity contribution in [3.63, 3.8) is 0 Å². The number of aryl methyl sites for hydroxylation is 1. The second-order valence-electron chi connectivity index (χ2n) is 7.55. The average molecular weight is 458 g/mol. The summed E-state index contributed by atoms with van der Waals surface area (Å²) in [4.78, 5) is 17.4. The number of rotatable bonds is 4. The molecular formula is C24H20ClN7O. The first-order valence-electron chi connectivity index (χ1n) is 10.3. The third-order valence-electron chi connectivity index (χ3n) is 5.31. The van der Waals surface area contributed by atoms with Gasteiger partial charge in [0.25, 0.3) is 0 Å². The maximum Gasteiger partial charge on any atom is 0.326 e. The monoisotopic (exact) mass is 457 g/mol. The van der Waals surface area contributed by atoms with Crippen molar-refractivity contribution in [2.75, 3.05) is 10.6 Å². The Morgan fingerprint density at radius 1 is 0.970 bits per heavy atom. The highest BCUT2D eigenvalue weighted by molar-refractivity contribution is 6.35. The van der Waals surface area contributed by atoms with Gasteiger partial charge in [-0.25, -0.2) is 14.5 Å². The fraction of sp³-hybridized carbons (Fsp3) is 0.0833. The Labute approximate surface area is 194 Å². The van der Waals surface area contributed by atoms with Gasteiger partial charge in [-0.2, -0.15) is 10.2 Å². The first-order chi connectivity index (χ1) is 16.0. The normalized spacial score (nSPS) is 11.0. The van der Waals surface area contributed by atoms with E-state index in [0.717, 1.165) is 33.3 Å². The van der Waals surface area contributed by atoms with Crippen molar-refractivity contribution in [1.82, 2.24) is 24.5 Å². The number of halogens is 1. The lowest BCUT2D eigenvalue weighted by molar-refractivity contribution is 0.262. The molecule has 2 amide bonds. The molecule has 0 saturated carbocycles. The zero-order chi connectivity index (χ0) is 22.9. The molecule has 5 rings (SSSR count). The number of carbonyl (C=O) groups excluding carboxylic acids is 1. The second kappa shape index (κ2) is 8.40. The number of carbonyl (C=O) groups is 1. The van der Waals surface area contributed by atoms with Crippen LogP contribution < -0.4 is 10.6 Å². The summed E-state index contributed by atoms with van der Waals surface area (Å²) in [6.07, 6.45) is 5.16. The largest absolute Gasteiger partial charge is 0.326 e. The number of amides is 2. The third kappa shape index (κ3) is 3.92. The molecule has 0 radical (unpaired) electrons. The van der Waals surface area contributed by atoms with Crippen LogP contribution in [0.5, 0.6) is 0 Å². The van der Waals surface area contributed by atoms with E-state index in [0.29, 0.717) is 16.7 Å². The topological polar surface area (TPSA) is 89.7 Å². The molecule has 0 fully saturated rings. The van der Waals surface area contributed by atoms with E-state index in [9.17, 15) is 4.79 Å². The number of aromatic nitrogens is 5. The van der Waals surface area contributed by atoms with Gasteiger partial charge in [0.2, 0.25) is 0 Å². The summed E-state index contributed by atoms with van der Waals surface area (Å²) in [5, 5.41) is 16.9. The Hall–Kier alpha value is -4.17. The molecule has 8 nitrogen and oxygen atoms in total. The minimum Gasteiger partial charge on any atom is -0.292 e. The van der Waals surface area contributed by atoms with Crippen molar-refractivity contribution >= 4 is 40.0 Å². The number of hydrogen-bond acceptors (Lipinski definition) is 4. The Bertz CT molecular complexity index is 1470. The van der Waals surface area contributed by atoms with Crippen molar-refractivity contribution in [3.8, 4) is 16.9 Å². The molecule has 0 saturated heterocycles. The SMILES string of the molecule is Cc1c(-c2cnn(C)c2)nn(-c2ccccc2)c1NC(=O)Nc1ncc(Cl)c2ccccc12.